The Labute approximate surface area is 64.7 Å². The van der Waals surface area contributed by atoms with Gasteiger partial charge < -0.3 is 4.90 Å². The molecule has 0 N–H and O–H groups in total. The van der Waals surface area contributed by atoms with Crippen LogP contribution in [0.3, 0.4) is 0 Å². The van der Waals surface area contributed by atoms with Crippen LogP contribution < -0.4 is 0 Å². The summed E-state index contributed by atoms with van der Waals surface area (Å²) in [6.07, 6.45) is 2.01. The number of hydrogen-bond donors (Lipinski definition) is 0. The zero-order chi connectivity index (χ0) is 8.36. The SMILES string of the molecule is C=CC(C)(C)C(C)N(C)C. The molecule has 1 nitrogen and oxygen atoms in total. The molecule has 1 heteroatoms. The van der Waals surface area contributed by atoms with Crippen LogP contribution in [0, 0.1) is 5.41 Å². The van der Waals surface area contributed by atoms with Gasteiger partial charge in [-0.1, -0.05) is 19.9 Å². The first-order valence-corrected chi connectivity index (χ1v) is 3.72. The minimum absolute atomic E-state index is 0.212. The lowest BCUT2D eigenvalue weighted by atomic mass is 9.85. The second-order valence-corrected chi connectivity index (χ2v) is 3.67. The molecule has 0 fully saturated rings. The van der Waals surface area contributed by atoms with Gasteiger partial charge in [0.1, 0.15) is 0 Å². The fourth-order valence-corrected chi connectivity index (χ4v) is 0.836. The molecule has 0 aliphatic rings. The Bertz CT molecular complexity index is 114. The molecule has 0 aliphatic heterocycles. The summed E-state index contributed by atoms with van der Waals surface area (Å²) in [6, 6.07) is 0.546. The van der Waals surface area contributed by atoms with E-state index in [1.807, 2.05) is 6.08 Å². The third-order valence-electron chi connectivity index (χ3n) is 2.38. The van der Waals surface area contributed by atoms with E-state index < -0.39 is 0 Å². The van der Waals surface area contributed by atoms with Crippen molar-refractivity contribution < 1.29 is 0 Å². The molecule has 0 heterocycles. The minimum Gasteiger partial charge on any atom is -0.306 e. The van der Waals surface area contributed by atoms with Gasteiger partial charge in [-0.05, 0) is 26.4 Å². The number of hydrogen-bond acceptors (Lipinski definition) is 1. The first kappa shape index (κ1) is 9.70. The largest absolute Gasteiger partial charge is 0.306 e. The van der Waals surface area contributed by atoms with Gasteiger partial charge in [0.2, 0.25) is 0 Å². The van der Waals surface area contributed by atoms with Gasteiger partial charge in [-0.3, -0.25) is 0 Å². The van der Waals surface area contributed by atoms with Gasteiger partial charge in [-0.25, -0.2) is 0 Å². The smallest absolute Gasteiger partial charge is 0.0146 e. The Balaban J connectivity index is 4.17. The maximum Gasteiger partial charge on any atom is 0.0146 e. The lowest BCUT2D eigenvalue weighted by Crippen LogP contribution is -2.37. The van der Waals surface area contributed by atoms with Crippen molar-refractivity contribution in [3.63, 3.8) is 0 Å². The Kier molecular flexibility index (Phi) is 3.10. The standard InChI is InChI=1S/C9H19N/c1-7-9(3,4)8(2)10(5)6/h7-8H,1H2,2-6H3. The normalized spacial score (nSPS) is 15.4. The first-order valence-electron chi connectivity index (χ1n) is 3.72. The lowest BCUT2D eigenvalue weighted by molar-refractivity contribution is 0.195. The predicted molar refractivity (Wildman–Crippen MR) is 47.1 cm³/mol. The summed E-state index contributed by atoms with van der Waals surface area (Å²) in [5.41, 5.74) is 0.212. The third-order valence-corrected chi connectivity index (χ3v) is 2.38. The van der Waals surface area contributed by atoms with Gasteiger partial charge >= 0.3 is 0 Å². The van der Waals surface area contributed by atoms with Gasteiger partial charge in [0.05, 0.1) is 0 Å². The Hall–Kier alpha value is -0.300. The molecule has 0 aromatic heterocycles. The highest BCUT2D eigenvalue weighted by atomic mass is 15.1. The maximum absolute atomic E-state index is 3.81. The van der Waals surface area contributed by atoms with E-state index in [2.05, 4.69) is 46.3 Å². The molecule has 0 aromatic rings. The molecule has 0 bridgehead atoms. The molecule has 0 aromatic carbocycles. The van der Waals surface area contributed by atoms with E-state index in [0.29, 0.717) is 6.04 Å². The molecule has 1 atom stereocenters. The van der Waals surface area contributed by atoms with Gasteiger partial charge in [-0.15, -0.1) is 6.58 Å². The summed E-state index contributed by atoms with van der Waals surface area (Å²) in [5.74, 6) is 0. The van der Waals surface area contributed by atoms with Gasteiger partial charge in [0.15, 0.2) is 0 Å². The fourth-order valence-electron chi connectivity index (χ4n) is 0.836. The molecule has 60 valence electrons. The van der Waals surface area contributed by atoms with Crippen LogP contribution in [0.5, 0.6) is 0 Å². The minimum atomic E-state index is 0.212. The van der Waals surface area contributed by atoms with Crippen LogP contribution >= 0.6 is 0 Å². The molecule has 0 saturated carbocycles. The summed E-state index contributed by atoms with van der Waals surface area (Å²) in [7, 11) is 4.19. The van der Waals surface area contributed by atoms with Gasteiger partial charge in [-0.2, -0.15) is 0 Å². The van der Waals surface area contributed by atoms with Crippen molar-refractivity contribution in [2.45, 2.75) is 26.8 Å². The Morgan fingerprint density at radius 2 is 1.80 bits per heavy atom. The monoisotopic (exact) mass is 141 g/mol. The summed E-state index contributed by atoms with van der Waals surface area (Å²) in [5, 5.41) is 0. The van der Waals surface area contributed by atoms with Crippen molar-refractivity contribution in [3.8, 4) is 0 Å². The second kappa shape index (κ2) is 3.20. The van der Waals surface area contributed by atoms with E-state index in [0.717, 1.165) is 0 Å². The van der Waals surface area contributed by atoms with Crippen LogP contribution in [0.25, 0.3) is 0 Å². The highest BCUT2D eigenvalue weighted by Gasteiger charge is 2.23. The van der Waals surface area contributed by atoms with Crippen molar-refractivity contribution in [1.29, 1.82) is 0 Å². The zero-order valence-electron chi connectivity index (χ0n) is 7.81. The quantitative estimate of drug-likeness (QED) is 0.544. The first-order chi connectivity index (χ1) is 4.41. The van der Waals surface area contributed by atoms with Crippen molar-refractivity contribution in [2.75, 3.05) is 14.1 Å². The molecular weight excluding hydrogens is 122 g/mol. The molecule has 0 radical (unpaired) electrons. The van der Waals surface area contributed by atoms with Gasteiger partial charge in [0, 0.05) is 6.04 Å². The second-order valence-electron chi connectivity index (χ2n) is 3.67. The van der Waals surface area contributed by atoms with E-state index in [9.17, 15) is 0 Å². The summed E-state index contributed by atoms with van der Waals surface area (Å²) >= 11 is 0. The molecule has 10 heavy (non-hydrogen) atoms. The molecule has 0 amide bonds. The van der Waals surface area contributed by atoms with Crippen molar-refractivity contribution in [1.82, 2.24) is 4.90 Å². The maximum atomic E-state index is 3.81. The van der Waals surface area contributed by atoms with Crippen LogP contribution in [-0.2, 0) is 0 Å². The van der Waals surface area contributed by atoms with E-state index in [4.69, 9.17) is 0 Å². The molecule has 0 rings (SSSR count). The summed E-state index contributed by atoms with van der Waals surface area (Å²) < 4.78 is 0. The van der Waals surface area contributed by atoms with Crippen molar-refractivity contribution >= 4 is 0 Å². The molecular formula is C9H19N. The average molecular weight is 141 g/mol. The van der Waals surface area contributed by atoms with E-state index in [1.54, 1.807) is 0 Å². The third kappa shape index (κ3) is 2.14. The fraction of sp³-hybridized carbons (Fsp3) is 0.778. The molecule has 0 aliphatic carbocycles. The number of nitrogens with zero attached hydrogens (tertiary/aromatic N) is 1. The topological polar surface area (TPSA) is 3.24 Å². The van der Waals surface area contributed by atoms with Crippen LogP contribution in [-0.4, -0.2) is 25.0 Å². The van der Waals surface area contributed by atoms with Crippen molar-refractivity contribution in [3.05, 3.63) is 12.7 Å². The Morgan fingerprint density at radius 3 is 1.90 bits per heavy atom. The highest BCUT2D eigenvalue weighted by Crippen LogP contribution is 2.23. The number of rotatable bonds is 3. The average Bonchev–Trinajstić information content (AvgIpc) is 1.86. The molecule has 0 spiro atoms. The van der Waals surface area contributed by atoms with Crippen molar-refractivity contribution in [2.24, 2.45) is 5.41 Å². The zero-order valence-corrected chi connectivity index (χ0v) is 7.81. The van der Waals surface area contributed by atoms with Crippen LogP contribution in [0.15, 0.2) is 12.7 Å². The highest BCUT2D eigenvalue weighted by molar-refractivity contribution is 4.94. The summed E-state index contributed by atoms with van der Waals surface area (Å²) in [6.45, 7) is 10.4. The predicted octanol–water partition coefficient (Wildman–Crippen LogP) is 2.15. The van der Waals surface area contributed by atoms with Crippen LogP contribution in [0.2, 0.25) is 0 Å². The van der Waals surface area contributed by atoms with E-state index in [-0.39, 0.29) is 5.41 Å². The van der Waals surface area contributed by atoms with Crippen LogP contribution in [0.4, 0.5) is 0 Å². The lowest BCUT2D eigenvalue weighted by Gasteiger charge is -2.33. The Morgan fingerprint density at radius 1 is 1.40 bits per heavy atom. The molecule has 1 unspecified atom stereocenters. The van der Waals surface area contributed by atoms with Crippen LogP contribution in [0.1, 0.15) is 20.8 Å². The van der Waals surface area contributed by atoms with E-state index in [1.165, 1.54) is 0 Å². The molecule has 0 saturated heterocycles. The van der Waals surface area contributed by atoms with E-state index >= 15 is 0 Å². The summed E-state index contributed by atoms with van der Waals surface area (Å²) in [4.78, 5) is 2.21. The van der Waals surface area contributed by atoms with Gasteiger partial charge in [0.25, 0.3) is 0 Å².